The Hall–Kier alpha value is -2.19. The predicted octanol–water partition coefficient (Wildman–Crippen LogP) is 9.23. The largest absolute Gasteiger partial charge is 0.261 e. The zero-order valence-corrected chi connectivity index (χ0v) is 21.0. The molecule has 2 aromatic carbocycles. The number of halogens is 2. The molecule has 3 heteroatoms. The molecule has 0 N–H and O–H groups in total. The molecule has 0 saturated carbocycles. The van der Waals surface area contributed by atoms with Gasteiger partial charge in [0, 0.05) is 16.9 Å². The van der Waals surface area contributed by atoms with E-state index in [1.165, 1.54) is 16.8 Å². The van der Waals surface area contributed by atoms with Crippen LogP contribution in [0, 0.1) is 19.7 Å². The molecule has 1 nitrogen and oxygen atoms in total. The first kappa shape index (κ1) is 26.8. The Bertz CT molecular complexity index is 848. The van der Waals surface area contributed by atoms with Gasteiger partial charge in [0.25, 0.3) is 0 Å². The minimum Gasteiger partial charge on any atom is -0.261 e. The summed E-state index contributed by atoms with van der Waals surface area (Å²) in [6.07, 6.45) is 1.91. The molecule has 3 aromatic rings. The number of nitrogens with zero attached hydrogens (tertiary/aromatic N) is 1. The van der Waals surface area contributed by atoms with Gasteiger partial charge in [-0.3, -0.25) is 4.98 Å². The number of rotatable bonds is 3. The molecule has 0 atom stereocenters. The fourth-order valence-corrected chi connectivity index (χ4v) is 2.89. The van der Waals surface area contributed by atoms with Crippen LogP contribution < -0.4 is 0 Å². The molecule has 0 radical (unpaired) electrons. The molecule has 0 fully saturated rings. The second-order valence-electron chi connectivity index (χ2n) is 8.80. The van der Waals surface area contributed by atoms with Crippen molar-refractivity contribution in [3.05, 3.63) is 99.6 Å². The minimum atomic E-state index is -0.0833. The van der Waals surface area contributed by atoms with Gasteiger partial charge in [-0.2, -0.15) is 0 Å². The van der Waals surface area contributed by atoms with Gasteiger partial charge in [-0.1, -0.05) is 83.5 Å². The molecule has 1 aromatic heterocycles. The van der Waals surface area contributed by atoms with Gasteiger partial charge < -0.3 is 0 Å². The van der Waals surface area contributed by atoms with E-state index in [-0.39, 0.29) is 11.7 Å². The third-order valence-corrected chi connectivity index (χ3v) is 5.09. The summed E-state index contributed by atoms with van der Waals surface area (Å²) in [6, 6.07) is 17.5. The normalized spacial score (nSPS) is 10.5. The van der Waals surface area contributed by atoms with E-state index in [0.717, 1.165) is 16.1 Å². The Morgan fingerprint density at radius 1 is 0.710 bits per heavy atom. The van der Waals surface area contributed by atoms with Crippen LogP contribution in [0.3, 0.4) is 0 Å². The van der Waals surface area contributed by atoms with Crippen molar-refractivity contribution in [2.75, 3.05) is 0 Å². The molecule has 0 bridgehead atoms. The van der Waals surface area contributed by atoms with Crippen LogP contribution in [0.2, 0.25) is 5.02 Å². The number of hydrogen-bond donors (Lipinski definition) is 0. The van der Waals surface area contributed by atoms with Crippen LogP contribution in [0.15, 0.2) is 60.8 Å². The Kier molecular flexibility index (Phi) is 11.5. The molecule has 1 heterocycles. The zero-order valence-electron chi connectivity index (χ0n) is 20.2. The van der Waals surface area contributed by atoms with Gasteiger partial charge >= 0.3 is 0 Å². The number of benzene rings is 2. The van der Waals surface area contributed by atoms with Crippen molar-refractivity contribution in [3.8, 4) is 0 Å². The second-order valence-corrected chi connectivity index (χ2v) is 9.24. The second kappa shape index (κ2) is 13.3. The summed E-state index contributed by atoms with van der Waals surface area (Å²) < 4.78 is 13.1. The van der Waals surface area contributed by atoms with Gasteiger partial charge in [-0.15, -0.1) is 0 Å². The van der Waals surface area contributed by atoms with Gasteiger partial charge in [-0.25, -0.2) is 4.39 Å². The summed E-state index contributed by atoms with van der Waals surface area (Å²) >= 11 is 5.72. The molecule has 31 heavy (non-hydrogen) atoms. The molecule has 168 valence electrons. The molecular weight excluding hydrogens is 405 g/mol. The summed E-state index contributed by atoms with van der Waals surface area (Å²) in [5.74, 6) is 1.33. The molecule has 0 spiro atoms. The van der Waals surface area contributed by atoms with Crippen molar-refractivity contribution >= 4 is 11.6 Å². The summed E-state index contributed by atoms with van der Waals surface area (Å²) in [5.41, 5.74) is 5.52. The van der Waals surface area contributed by atoms with E-state index in [9.17, 15) is 4.39 Å². The maximum Gasteiger partial charge on any atom is 0.126 e. The van der Waals surface area contributed by atoms with Crippen LogP contribution in [0.4, 0.5) is 4.39 Å². The van der Waals surface area contributed by atoms with Crippen molar-refractivity contribution in [1.29, 1.82) is 0 Å². The van der Waals surface area contributed by atoms with Crippen LogP contribution in [-0.4, -0.2) is 4.98 Å². The molecule has 0 amide bonds. The monoisotopic (exact) mass is 441 g/mol. The summed E-state index contributed by atoms with van der Waals surface area (Å²) in [4.78, 5) is 4.28. The van der Waals surface area contributed by atoms with Gasteiger partial charge in [0.1, 0.15) is 5.82 Å². The number of aromatic nitrogens is 1. The molecule has 0 unspecified atom stereocenters. The lowest BCUT2D eigenvalue weighted by molar-refractivity contribution is 0.597. The van der Waals surface area contributed by atoms with Crippen molar-refractivity contribution < 1.29 is 4.39 Å². The molecule has 0 aliphatic heterocycles. The number of aryl methyl sites for hydroxylation is 2. The van der Waals surface area contributed by atoms with E-state index in [0.29, 0.717) is 11.8 Å². The molecule has 0 saturated heterocycles. The minimum absolute atomic E-state index is 0.0833. The average Bonchev–Trinajstić information content (AvgIpc) is 2.69. The van der Waals surface area contributed by atoms with Crippen LogP contribution in [0.1, 0.15) is 87.2 Å². The Labute approximate surface area is 193 Å². The zero-order chi connectivity index (χ0) is 23.6. The van der Waals surface area contributed by atoms with Crippen molar-refractivity contribution in [1.82, 2.24) is 4.98 Å². The Morgan fingerprint density at radius 2 is 1.29 bits per heavy atom. The lowest BCUT2D eigenvalue weighted by atomic mass is 10.0. The van der Waals surface area contributed by atoms with E-state index in [1.54, 1.807) is 6.07 Å². The van der Waals surface area contributed by atoms with Gasteiger partial charge in [0.15, 0.2) is 0 Å². The highest BCUT2D eigenvalue weighted by Gasteiger charge is 2.04. The Balaban J connectivity index is 0.000000233. The lowest BCUT2D eigenvalue weighted by Crippen LogP contribution is -1.92. The van der Waals surface area contributed by atoms with Gasteiger partial charge in [0.05, 0.1) is 0 Å². The summed E-state index contributed by atoms with van der Waals surface area (Å²) in [6.45, 7) is 16.6. The fourth-order valence-electron chi connectivity index (χ4n) is 2.77. The molecular formula is C28H37ClFN. The lowest BCUT2D eigenvalue weighted by Gasteiger charge is -2.06. The first-order chi connectivity index (χ1) is 14.5. The fraction of sp³-hybridized carbons (Fsp3) is 0.393. The van der Waals surface area contributed by atoms with E-state index in [2.05, 4.69) is 63.9 Å². The average molecular weight is 442 g/mol. The topological polar surface area (TPSA) is 12.9 Å². The third kappa shape index (κ3) is 10.1. The quantitative estimate of drug-likeness (QED) is 0.394. The van der Waals surface area contributed by atoms with Crippen LogP contribution in [-0.2, 0) is 0 Å². The smallest absolute Gasteiger partial charge is 0.126 e. The first-order valence-electron chi connectivity index (χ1n) is 10.9. The standard InChI is InChI=1S/C10H13F.C9H11Cl.C9H13N/c1-7(2)9-5-4-8(3)6-10(9)11;1-7(2)8-3-5-9(10)6-4-8;1-7(2)9-5-4-8(3)6-10-9/h4-7H,1-3H3;3-7H,1-2H3;4-7H,1-3H3. The number of pyridine rings is 1. The predicted molar refractivity (Wildman–Crippen MR) is 134 cm³/mol. The highest BCUT2D eigenvalue weighted by molar-refractivity contribution is 6.30. The molecule has 0 aliphatic carbocycles. The third-order valence-electron chi connectivity index (χ3n) is 4.84. The summed E-state index contributed by atoms with van der Waals surface area (Å²) in [5, 5.41) is 0.810. The maximum absolute atomic E-state index is 13.1. The SMILES string of the molecule is CC(C)c1ccc(Cl)cc1.Cc1ccc(C(C)C)c(F)c1.Cc1ccc(C(C)C)nc1. The van der Waals surface area contributed by atoms with Crippen molar-refractivity contribution in [2.45, 2.75) is 73.1 Å². The van der Waals surface area contributed by atoms with E-state index >= 15 is 0 Å². The molecule has 0 aliphatic rings. The highest BCUT2D eigenvalue weighted by Crippen LogP contribution is 2.19. The first-order valence-corrected chi connectivity index (χ1v) is 11.3. The molecule has 3 rings (SSSR count). The van der Waals surface area contributed by atoms with E-state index < -0.39 is 0 Å². The highest BCUT2D eigenvalue weighted by atomic mass is 35.5. The van der Waals surface area contributed by atoms with E-state index in [1.807, 2.05) is 51.2 Å². The van der Waals surface area contributed by atoms with Crippen LogP contribution in [0.5, 0.6) is 0 Å². The van der Waals surface area contributed by atoms with Gasteiger partial charge in [-0.05, 0) is 78.1 Å². The Morgan fingerprint density at radius 3 is 1.71 bits per heavy atom. The number of hydrogen-bond acceptors (Lipinski definition) is 1. The maximum atomic E-state index is 13.1. The van der Waals surface area contributed by atoms with Crippen molar-refractivity contribution in [3.63, 3.8) is 0 Å². The van der Waals surface area contributed by atoms with Crippen LogP contribution >= 0.6 is 11.6 Å². The van der Waals surface area contributed by atoms with Gasteiger partial charge in [0.2, 0.25) is 0 Å². The van der Waals surface area contributed by atoms with Crippen LogP contribution in [0.25, 0.3) is 0 Å². The summed E-state index contributed by atoms with van der Waals surface area (Å²) in [7, 11) is 0. The van der Waals surface area contributed by atoms with Crippen molar-refractivity contribution in [2.24, 2.45) is 0 Å². The van der Waals surface area contributed by atoms with E-state index in [4.69, 9.17) is 11.6 Å².